The molecule has 0 saturated carbocycles. The maximum Gasteiger partial charge on any atom is 0.262 e. The molecular weight excluding hydrogens is 396 g/mol. The molecule has 0 unspecified atom stereocenters. The van der Waals surface area contributed by atoms with Gasteiger partial charge >= 0.3 is 0 Å². The van der Waals surface area contributed by atoms with Crippen molar-refractivity contribution < 1.29 is 14.1 Å². The summed E-state index contributed by atoms with van der Waals surface area (Å²) in [4.78, 5) is 31.7. The van der Waals surface area contributed by atoms with Gasteiger partial charge in [-0.05, 0) is 19.1 Å². The number of amides is 1. The summed E-state index contributed by atoms with van der Waals surface area (Å²) >= 11 is 1.09. The minimum Gasteiger partial charge on any atom is -0.494 e. The molecule has 11 heteroatoms. The molecule has 3 heterocycles. The molecule has 0 atom stereocenters. The van der Waals surface area contributed by atoms with E-state index in [-0.39, 0.29) is 17.2 Å². The molecule has 29 heavy (non-hydrogen) atoms. The standard InChI is InChI=1S/C18H16N6O4S/c1-10-7-14(23-28-10)20-15(25)9-29-18-21-16-11(17(26)22-18)8-19-24(16)12-5-3-4-6-13(12)27-2/h3-8H,9H2,1-2H3,(H,20,23,25)(H,21,22,26). The van der Waals surface area contributed by atoms with E-state index in [2.05, 4.69) is 25.5 Å². The molecule has 10 nitrogen and oxygen atoms in total. The number of aromatic amines is 1. The second-order valence-electron chi connectivity index (χ2n) is 6.00. The van der Waals surface area contributed by atoms with Crippen molar-refractivity contribution in [3.8, 4) is 11.4 Å². The van der Waals surface area contributed by atoms with Gasteiger partial charge in [0.1, 0.15) is 22.6 Å². The van der Waals surface area contributed by atoms with Gasteiger partial charge in [-0.15, -0.1) is 0 Å². The molecule has 0 aliphatic rings. The quantitative estimate of drug-likeness (QED) is 0.364. The summed E-state index contributed by atoms with van der Waals surface area (Å²) in [5.74, 6) is 1.25. The minimum absolute atomic E-state index is 0.0309. The van der Waals surface area contributed by atoms with Crippen LogP contribution in [0.5, 0.6) is 5.75 Å². The molecule has 4 rings (SSSR count). The molecule has 2 N–H and O–H groups in total. The molecule has 0 radical (unpaired) electrons. The van der Waals surface area contributed by atoms with Crippen molar-refractivity contribution in [1.29, 1.82) is 0 Å². The Labute approximate surface area is 168 Å². The topological polar surface area (TPSA) is 128 Å². The van der Waals surface area contributed by atoms with Crippen molar-refractivity contribution >= 4 is 34.5 Å². The fourth-order valence-corrected chi connectivity index (χ4v) is 3.34. The highest BCUT2D eigenvalue weighted by atomic mass is 32.2. The number of ether oxygens (including phenoxy) is 1. The predicted molar refractivity (Wildman–Crippen MR) is 107 cm³/mol. The molecule has 0 bridgehead atoms. The lowest BCUT2D eigenvalue weighted by Gasteiger charge is -2.09. The second kappa shape index (κ2) is 7.80. The molecule has 4 aromatic rings. The van der Waals surface area contributed by atoms with E-state index in [4.69, 9.17) is 9.26 Å². The third-order valence-corrected chi connectivity index (χ3v) is 4.84. The largest absolute Gasteiger partial charge is 0.494 e. The van der Waals surface area contributed by atoms with Gasteiger partial charge in [-0.2, -0.15) is 5.10 Å². The molecule has 0 fully saturated rings. The van der Waals surface area contributed by atoms with Crippen molar-refractivity contribution in [3.05, 3.63) is 52.6 Å². The van der Waals surface area contributed by atoms with E-state index in [1.807, 2.05) is 18.2 Å². The summed E-state index contributed by atoms with van der Waals surface area (Å²) in [6, 6.07) is 8.89. The number of hydrogen-bond acceptors (Lipinski definition) is 8. The molecule has 1 aromatic carbocycles. The van der Waals surface area contributed by atoms with Gasteiger partial charge in [0.05, 0.1) is 19.1 Å². The van der Waals surface area contributed by atoms with E-state index < -0.39 is 0 Å². The number of carbonyl (C=O) groups is 1. The van der Waals surface area contributed by atoms with Crippen molar-refractivity contribution in [2.24, 2.45) is 0 Å². The van der Waals surface area contributed by atoms with E-state index in [1.54, 1.807) is 26.2 Å². The monoisotopic (exact) mass is 412 g/mol. The number of nitrogens with zero attached hydrogens (tertiary/aromatic N) is 4. The van der Waals surface area contributed by atoms with E-state index in [9.17, 15) is 9.59 Å². The van der Waals surface area contributed by atoms with Crippen molar-refractivity contribution in [2.45, 2.75) is 12.1 Å². The summed E-state index contributed by atoms with van der Waals surface area (Å²) in [5.41, 5.74) is 0.678. The van der Waals surface area contributed by atoms with E-state index in [0.717, 1.165) is 11.8 Å². The maximum atomic E-state index is 12.4. The van der Waals surface area contributed by atoms with Crippen molar-refractivity contribution in [2.75, 3.05) is 18.2 Å². The summed E-state index contributed by atoms with van der Waals surface area (Å²) in [6.07, 6.45) is 1.45. The number of para-hydroxylation sites is 2. The van der Waals surface area contributed by atoms with Gasteiger partial charge in [-0.3, -0.25) is 9.59 Å². The van der Waals surface area contributed by atoms with Gasteiger partial charge in [0.2, 0.25) is 5.91 Å². The molecule has 0 saturated heterocycles. The molecule has 0 aliphatic carbocycles. The van der Waals surface area contributed by atoms with Gasteiger partial charge in [-0.25, -0.2) is 9.67 Å². The fourth-order valence-electron chi connectivity index (χ4n) is 2.69. The highest BCUT2D eigenvalue weighted by molar-refractivity contribution is 7.99. The minimum atomic E-state index is -0.341. The Kier molecular flexibility index (Phi) is 5.04. The third-order valence-electron chi connectivity index (χ3n) is 3.97. The number of rotatable bonds is 6. The van der Waals surface area contributed by atoms with Crippen LogP contribution in [0, 0.1) is 6.92 Å². The number of H-pyrrole nitrogens is 1. The lowest BCUT2D eigenvalue weighted by atomic mass is 10.3. The lowest BCUT2D eigenvalue weighted by Crippen LogP contribution is -2.16. The molecule has 3 aromatic heterocycles. The number of aryl methyl sites for hydroxylation is 1. The Morgan fingerprint density at radius 3 is 2.97 bits per heavy atom. The van der Waals surface area contributed by atoms with Crippen molar-refractivity contribution in [1.82, 2.24) is 24.9 Å². The summed E-state index contributed by atoms with van der Waals surface area (Å²) in [6.45, 7) is 1.73. The zero-order valence-electron chi connectivity index (χ0n) is 15.5. The maximum absolute atomic E-state index is 12.4. The molecular formula is C18H16N6O4S. The number of nitrogens with one attached hydrogen (secondary N) is 2. The van der Waals surface area contributed by atoms with Gasteiger partial charge in [0.15, 0.2) is 16.6 Å². The van der Waals surface area contributed by atoms with Crippen LogP contribution in [0.2, 0.25) is 0 Å². The summed E-state index contributed by atoms with van der Waals surface area (Å²) in [5, 5.41) is 11.2. The number of hydrogen-bond donors (Lipinski definition) is 2. The first kappa shape index (κ1) is 18.7. The Morgan fingerprint density at radius 2 is 2.21 bits per heavy atom. The van der Waals surface area contributed by atoms with Crippen LogP contribution in [0.1, 0.15) is 5.76 Å². The van der Waals surface area contributed by atoms with E-state index in [0.29, 0.717) is 39.2 Å². The summed E-state index contributed by atoms with van der Waals surface area (Å²) < 4.78 is 11.8. The molecule has 0 spiro atoms. The van der Waals surface area contributed by atoms with Crippen LogP contribution in [0.3, 0.4) is 0 Å². The van der Waals surface area contributed by atoms with Gasteiger partial charge in [0, 0.05) is 6.07 Å². The normalized spacial score (nSPS) is 11.0. The first-order chi connectivity index (χ1) is 14.0. The van der Waals surface area contributed by atoms with Crippen LogP contribution in [0.15, 0.2) is 51.0 Å². The Bertz CT molecular complexity index is 1240. The number of anilines is 1. The number of fused-ring (bicyclic) bond motifs is 1. The number of carbonyl (C=O) groups excluding carboxylic acids is 1. The molecule has 148 valence electrons. The zero-order chi connectivity index (χ0) is 20.4. The first-order valence-corrected chi connectivity index (χ1v) is 9.51. The van der Waals surface area contributed by atoms with Crippen LogP contribution in [0.25, 0.3) is 16.7 Å². The molecule has 0 aliphatic heterocycles. The fraction of sp³-hybridized carbons (Fsp3) is 0.167. The zero-order valence-corrected chi connectivity index (χ0v) is 16.3. The highest BCUT2D eigenvalue weighted by Gasteiger charge is 2.15. The van der Waals surface area contributed by atoms with Gasteiger partial charge in [-0.1, -0.05) is 29.1 Å². The number of methoxy groups -OCH3 is 1. The predicted octanol–water partition coefficient (Wildman–Crippen LogP) is 2.14. The van der Waals surface area contributed by atoms with Crippen LogP contribution < -0.4 is 15.6 Å². The Hall–Kier alpha value is -3.60. The highest BCUT2D eigenvalue weighted by Crippen LogP contribution is 2.24. The average molecular weight is 412 g/mol. The van der Waals surface area contributed by atoms with E-state index in [1.165, 1.54) is 10.9 Å². The van der Waals surface area contributed by atoms with Gasteiger partial charge < -0.3 is 19.6 Å². The van der Waals surface area contributed by atoms with Crippen LogP contribution >= 0.6 is 11.8 Å². The second-order valence-corrected chi connectivity index (χ2v) is 6.96. The van der Waals surface area contributed by atoms with Crippen LogP contribution in [-0.2, 0) is 4.79 Å². The number of benzene rings is 1. The summed E-state index contributed by atoms with van der Waals surface area (Å²) in [7, 11) is 1.56. The first-order valence-electron chi connectivity index (χ1n) is 8.52. The smallest absolute Gasteiger partial charge is 0.262 e. The van der Waals surface area contributed by atoms with Crippen LogP contribution in [-0.4, -0.2) is 43.7 Å². The number of aromatic nitrogens is 5. The van der Waals surface area contributed by atoms with E-state index >= 15 is 0 Å². The lowest BCUT2D eigenvalue weighted by molar-refractivity contribution is -0.113. The SMILES string of the molecule is COc1ccccc1-n1ncc2c(=O)[nH]c(SCC(=O)Nc3cc(C)on3)nc21. The third kappa shape index (κ3) is 3.85. The van der Waals surface area contributed by atoms with Crippen LogP contribution in [0.4, 0.5) is 5.82 Å². The Balaban J connectivity index is 1.59. The van der Waals surface area contributed by atoms with Gasteiger partial charge in [0.25, 0.3) is 5.56 Å². The average Bonchev–Trinajstić information content (AvgIpc) is 3.32. The molecule has 1 amide bonds. The van der Waals surface area contributed by atoms with Crippen molar-refractivity contribution in [3.63, 3.8) is 0 Å². The number of thioether (sulfide) groups is 1. The Morgan fingerprint density at radius 1 is 1.38 bits per heavy atom.